The van der Waals surface area contributed by atoms with Gasteiger partial charge in [-0.15, -0.1) is 6.42 Å². The Balaban J connectivity index is 2.50. The third kappa shape index (κ3) is 3.03. The molecule has 0 unspecified atom stereocenters. The van der Waals surface area contributed by atoms with Crippen molar-refractivity contribution in [1.29, 1.82) is 10.5 Å². The first-order valence-corrected chi connectivity index (χ1v) is 6.49. The molecule has 0 heterocycles. The molecule has 0 atom stereocenters. The molecule has 0 bridgehead atoms. The van der Waals surface area contributed by atoms with Crippen LogP contribution in [0.4, 0.5) is 13.2 Å². The molecule has 0 saturated heterocycles. The summed E-state index contributed by atoms with van der Waals surface area (Å²) >= 11 is 0. The van der Waals surface area contributed by atoms with Gasteiger partial charge in [0.05, 0.1) is 12.1 Å². The molecule has 0 aliphatic rings. The van der Waals surface area contributed by atoms with Gasteiger partial charge in [-0.05, 0) is 35.4 Å². The minimum atomic E-state index is -1.84. The summed E-state index contributed by atoms with van der Waals surface area (Å²) in [4.78, 5) is 0. The van der Waals surface area contributed by atoms with E-state index in [1.54, 1.807) is 36.4 Å². The van der Waals surface area contributed by atoms with Crippen LogP contribution in [0.3, 0.4) is 0 Å². The Morgan fingerprint density at radius 3 is 1.91 bits per heavy atom. The molecule has 0 saturated carbocycles. The van der Waals surface area contributed by atoms with Crippen LogP contribution in [0, 0.1) is 52.5 Å². The monoisotopic (exact) mass is 310 g/mol. The summed E-state index contributed by atoms with van der Waals surface area (Å²) in [5.41, 5.74) is -0.878. The van der Waals surface area contributed by atoms with Crippen molar-refractivity contribution in [2.75, 3.05) is 0 Å². The average Bonchev–Trinajstić information content (AvgIpc) is 2.57. The number of nitrogens with zero attached hydrogens (tertiary/aromatic N) is 2. The number of benzene rings is 2. The zero-order valence-corrected chi connectivity index (χ0v) is 11.8. The van der Waals surface area contributed by atoms with Crippen LogP contribution in [0.25, 0.3) is 0 Å². The van der Waals surface area contributed by atoms with E-state index in [1.807, 2.05) is 0 Å². The van der Waals surface area contributed by atoms with E-state index in [4.69, 9.17) is 6.42 Å². The lowest BCUT2D eigenvalue weighted by molar-refractivity contribution is 0.442. The molecule has 2 aromatic rings. The van der Waals surface area contributed by atoms with Crippen LogP contribution >= 0.6 is 0 Å². The van der Waals surface area contributed by atoms with Crippen LogP contribution in [0.2, 0.25) is 0 Å². The fourth-order valence-electron chi connectivity index (χ4n) is 2.16. The molecule has 2 rings (SSSR count). The standard InChI is InChI=1S/C18H9F3N2/c1-2-12-3-5-13(6-4-12)9-18(10-22,11-23)14-7-15(19)17(21)16(20)8-14/h1,3-8H,9H2. The maximum absolute atomic E-state index is 13.4. The first-order chi connectivity index (χ1) is 11.0. The molecular weight excluding hydrogens is 301 g/mol. The van der Waals surface area contributed by atoms with Crippen molar-refractivity contribution in [3.05, 3.63) is 70.5 Å². The van der Waals surface area contributed by atoms with Crippen molar-refractivity contribution >= 4 is 0 Å². The maximum Gasteiger partial charge on any atom is 0.194 e. The first kappa shape index (κ1) is 16.1. The molecule has 0 aromatic heterocycles. The summed E-state index contributed by atoms with van der Waals surface area (Å²) in [6.45, 7) is 0. The number of hydrogen-bond acceptors (Lipinski definition) is 2. The predicted octanol–water partition coefficient (Wildman–Crippen LogP) is 3.61. The Bertz CT molecular complexity index is 828. The van der Waals surface area contributed by atoms with Gasteiger partial charge in [0, 0.05) is 12.0 Å². The van der Waals surface area contributed by atoms with E-state index in [2.05, 4.69) is 5.92 Å². The SMILES string of the molecule is C#Cc1ccc(CC(C#N)(C#N)c2cc(F)c(F)c(F)c2)cc1. The molecule has 0 radical (unpaired) electrons. The quantitative estimate of drug-likeness (QED) is 0.642. The van der Waals surface area contributed by atoms with Gasteiger partial charge in [0.25, 0.3) is 0 Å². The third-order valence-corrected chi connectivity index (χ3v) is 3.45. The van der Waals surface area contributed by atoms with E-state index < -0.39 is 22.9 Å². The van der Waals surface area contributed by atoms with Crippen molar-refractivity contribution < 1.29 is 13.2 Å². The van der Waals surface area contributed by atoms with E-state index in [1.165, 1.54) is 0 Å². The first-order valence-electron chi connectivity index (χ1n) is 6.49. The Hall–Kier alpha value is -3.23. The number of terminal acetylenes is 1. The molecule has 2 nitrogen and oxygen atoms in total. The molecule has 112 valence electrons. The van der Waals surface area contributed by atoms with Crippen molar-refractivity contribution in [3.63, 3.8) is 0 Å². The van der Waals surface area contributed by atoms with E-state index in [9.17, 15) is 23.7 Å². The molecule has 0 amide bonds. The van der Waals surface area contributed by atoms with Gasteiger partial charge in [-0.3, -0.25) is 0 Å². The highest BCUT2D eigenvalue weighted by Gasteiger charge is 2.34. The smallest absolute Gasteiger partial charge is 0.194 e. The number of nitriles is 2. The van der Waals surface area contributed by atoms with E-state index in [-0.39, 0.29) is 12.0 Å². The Morgan fingerprint density at radius 1 is 0.957 bits per heavy atom. The van der Waals surface area contributed by atoms with Crippen LogP contribution < -0.4 is 0 Å². The van der Waals surface area contributed by atoms with Gasteiger partial charge in [0.1, 0.15) is 0 Å². The molecule has 0 aliphatic heterocycles. The summed E-state index contributed by atoms with van der Waals surface area (Å²) in [6.07, 6.45) is 5.13. The van der Waals surface area contributed by atoms with Gasteiger partial charge in [-0.1, -0.05) is 18.1 Å². The molecule has 0 fully saturated rings. The highest BCUT2D eigenvalue weighted by Crippen LogP contribution is 2.30. The average molecular weight is 310 g/mol. The van der Waals surface area contributed by atoms with Gasteiger partial charge in [0.15, 0.2) is 22.9 Å². The minimum Gasteiger partial charge on any atom is -0.204 e. The van der Waals surface area contributed by atoms with Crippen LogP contribution in [0.15, 0.2) is 36.4 Å². The molecule has 2 aromatic carbocycles. The number of rotatable bonds is 3. The Labute approximate surface area is 131 Å². The summed E-state index contributed by atoms with van der Waals surface area (Å²) in [6, 6.07) is 11.4. The molecule has 5 heteroatoms. The van der Waals surface area contributed by atoms with Crippen molar-refractivity contribution in [2.45, 2.75) is 11.8 Å². The minimum absolute atomic E-state index is 0.116. The molecule has 0 spiro atoms. The Morgan fingerprint density at radius 2 is 1.48 bits per heavy atom. The van der Waals surface area contributed by atoms with Gasteiger partial charge in [0.2, 0.25) is 0 Å². The van der Waals surface area contributed by atoms with Gasteiger partial charge < -0.3 is 0 Å². The summed E-state index contributed by atoms with van der Waals surface area (Å²) in [5, 5.41) is 18.8. The molecular formula is C18H9F3N2. The summed E-state index contributed by atoms with van der Waals surface area (Å²) < 4.78 is 39.9. The fourth-order valence-corrected chi connectivity index (χ4v) is 2.16. The van der Waals surface area contributed by atoms with E-state index in [0.29, 0.717) is 23.3 Å². The number of hydrogen-bond donors (Lipinski definition) is 0. The zero-order valence-electron chi connectivity index (χ0n) is 11.8. The Kier molecular flexibility index (Phi) is 4.39. The lowest BCUT2D eigenvalue weighted by Gasteiger charge is -2.19. The lowest BCUT2D eigenvalue weighted by Crippen LogP contribution is -2.26. The van der Waals surface area contributed by atoms with Crippen LogP contribution in [0.1, 0.15) is 16.7 Å². The fraction of sp³-hybridized carbons (Fsp3) is 0.111. The van der Waals surface area contributed by atoms with Crippen LogP contribution in [-0.4, -0.2) is 0 Å². The molecule has 0 aliphatic carbocycles. The van der Waals surface area contributed by atoms with Crippen molar-refractivity contribution in [1.82, 2.24) is 0 Å². The molecule has 0 N–H and O–H groups in total. The lowest BCUT2D eigenvalue weighted by atomic mass is 9.78. The second-order valence-electron chi connectivity index (χ2n) is 4.90. The largest absolute Gasteiger partial charge is 0.204 e. The molecule has 23 heavy (non-hydrogen) atoms. The van der Waals surface area contributed by atoms with E-state index in [0.717, 1.165) is 0 Å². The summed E-state index contributed by atoms with van der Waals surface area (Å²) in [7, 11) is 0. The van der Waals surface area contributed by atoms with E-state index >= 15 is 0 Å². The normalized spacial score (nSPS) is 10.4. The maximum atomic E-state index is 13.4. The summed E-state index contributed by atoms with van der Waals surface area (Å²) in [5.74, 6) is -2.11. The topological polar surface area (TPSA) is 47.6 Å². The van der Waals surface area contributed by atoms with Gasteiger partial charge in [-0.2, -0.15) is 10.5 Å². The second kappa shape index (κ2) is 6.26. The van der Waals surface area contributed by atoms with Gasteiger partial charge >= 0.3 is 0 Å². The highest BCUT2D eigenvalue weighted by atomic mass is 19.2. The van der Waals surface area contributed by atoms with Gasteiger partial charge in [-0.25, -0.2) is 13.2 Å². The van der Waals surface area contributed by atoms with Crippen molar-refractivity contribution in [2.24, 2.45) is 0 Å². The van der Waals surface area contributed by atoms with Crippen LogP contribution in [0.5, 0.6) is 0 Å². The van der Waals surface area contributed by atoms with Crippen molar-refractivity contribution in [3.8, 4) is 24.5 Å². The number of halogens is 3. The van der Waals surface area contributed by atoms with Crippen LogP contribution in [-0.2, 0) is 11.8 Å². The highest BCUT2D eigenvalue weighted by molar-refractivity contribution is 5.44. The predicted molar refractivity (Wildman–Crippen MR) is 77.3 cm³/mol. The zero-order chi connectivity index (χ0) is 17.0. The second-order valence-corrected chi connectivity index (χ2v) is 4.90. The third-order valence-electron chi connectivity index (χ3n) is 3.45.